The van der Waals surface area contributed by atoms with Crippen molar-refractivity contribution in [2.45, 2.75) is 0 Å². The van der Waals surface area contributed by atoms with Crippen LogP contribution in [0.25, 0.3) is 50.5 Å². The summed E-state index contributed by atoms with van der Waals surface area (Å²) in [6, 6.07) is 58.8. The Morgan fingerprint density at radius 3 is 1.44 bits per heavy atom. The average Bonchev–Trinajstić information content (AvgIpc) is 3.55. The summed E-state index contributed by atoms with van der Waals surface area (Å²) in [6.07, 6.45) is 0. The van der Waals surface area contributed by atoms with Crippen LogP contribution in [0, 0.1) is 0 Å². The molecule has 4 heterocycles. The first-order valence-corrected chi connectivity index (χ1v) is 19.4. The van der Waals surface area contributed by atoms with Gasteiger partial charge < -0.3 is 9.47 Å². The SMILES string of the molecule is c1ccc(-c2nc(-c3ccc4c(c3)Oc3ccccc3[Si]43c4ccccc4Oc4ccccc43)nc(-n3c4ccccc4c4ccccc43)n2)cc1. The van der Waals surface area contributed by atoms with Crippen molar-refractivity contribution in [1.82, 2.24) is 19.5 Å². The monoisotopic (exact) mass is 684 g/mol. The molecular weight excluding hydrogens is 657 g/mol. The van der Waals surface area contributed by atoms with E-state index in [0.29, 0.717) is 17.6 Å². The summed E-state index contributed by atoms with van der Waals surface area (Å²) < 4.78 is 15.5. The largest absolute Gasteiger partial charge is 0.458 e. The molecule has 11 rings (SSSR count). The van der Waals surface area contributed by atoms with E-state index in [1.165, 1.54) is 15.6 Å². The Balaban J connectivity index is 1.17. The van der Waals surface area contributed by atoms with E-state index in [0.717, 1.165) is 61.1 Å². The number of nitrogens with zero attached hydrogens (tertiary/aromatic N) is 4. The molecule has 2 aromatic heterocycles. The van der Waals surface area contributed by atoms with Gasteiger partial charge in [0.2, 0.25) is 5.95 Å². The van der Waals surface area contributed by atoms with Crippen LogP contribution in [-0.4, -0.2) is 27.6 Å². The molecule has 0 fully saturated rings. The lowest BCUT2D eigenvalue weighted by Gasteiger charge is -2.43. The molecule has 0 amide bonds. The lowest BCUT2D eigenvalue weighted by Crippen LogP contribution is -2.77. The smallest absolute Gasteiger partial charge is 0.238 e. The Bertz CT molecular complexity index is 2770. The highest BCUT2D eigenvalue weighted by molar-refractivity contribution is 7.21. The zero-order chi connectivity index (χ0) is 34.2. The number of benzene rings is 7. The van der Waals surface area contributed by atoms with Gasteiger partial charge in [0.1, 0.15) is 23.0 Å². The van der Waals surface area contributed by atoms with Crippen molar-refractivity contribution in [3.05, 3.63) is 170 Å². The van der Waals surface area contributed by atoms with Gasteiger partial charge in [0.25, 0.3) is 0 Å². The molecule has 52 heavy (non-hydrogen) atoms. The predicted molar refractivity (Wildman–Crippen MR) is 209 cm³/mol. The summed E-state index contributed by atoms with van der Waals surface area (Å²) in [5, 5.41) is 7.08. The van der Waals surface area contributed by atoms with Crippen LogP contribution in [-0.2, 0) is 0 Å². The summed E-state index contributed by atoms with van der Waals surface area (Å²) in [6.45, 7) is 0. The fourth-order valence-corrected chi connectivity index (χ4v) is 13.3. The highest BCUT2D eigenvalue weighted by Crippen LogP contribution is 2.38. The van der Waals surface area contributed by atoms with Crippen LogP contribution in [0.4, 0.5) is 0 Å². The van der Waals surface area contributed by atoms with Crippen molar-refractivity contribution in [1.29, 1.82) is 0 Å². The predicted octanol–water partition coefficient (Wildman–Crippen LogP) is 7.89. The minimum Gasteiger partial charge on any atom is -0.458 e. The molecule has 7 heteroatoms. The molecule has 0 bridgehead atoms. The van der Waals surface area contributed by atoms with Gasteiger partial charge in [-0.05, 0) is 57.1 Å². The van der Waals surface area contributed by atoms with Crippen molar-refractivity contribution in [2.75, 3.05) is 0 Å². The normalized spacial score (nSPS) is 13.5. The number of rotatable bonds is 3. The van der Waals surface area contributed by atoms with Crippen LogP contribution < -0.4 is 30.2 Å². The second kappa shape index (κ2) is 11.1. The van der Waals surface area contributed by atoms with Crippen molar-refractivity contribution in [2.24, 2.45) is 0 Å². The van der Waals surface area contributed by atoms with Crippen LogP contribution in [0.3, 0.4) is 0 Å². The van der Waals surface area contributed by atoms with Crippen molar-refractivity contribution in [3.63, 3.8) is 0 Å². The highest BCUT2D eigenvalue weighted by Gasteiger charge is 2.52. The van der Waals surface area contributed by atoms with E-state index in [9.17, 15) is 0 Å². The topological polar surface area (TPSA) is 62.1 Å². The Hall–Kier alpha value is -6.83. The zero-order valence-electron chi connectivity index (χ0n) is 27.8. The van der Waals surface area contributed by atoms with Crippen LogP contribution in [0.5, 0.6) is 23.0 Å². The maximum Gasteiger partial charge on any atom is 0.238 e. The van der Waals surface area contributed by atoms with Gasteiger partial charge in [-0.2, -0.15) is 9.97 Å². The molecule has 9 aromatic rings. The first-order chi connectivity index (χ1) is 25.8. The van der Waals surface area contributed by atoms with Gasteiger partial charge in [0.05, 0.1) is 11.0 Å². The second-order valence-electron chi connectivity index (χ2n) is 13.2. The molecule has 0 unspecified atom stereocenters. The molecule has 2 aliphatic heterocycles. The molecule has 0 saturated heterocycles. The molecule has 1 spiro atoms. The Morgan fingerprint density at radius 2 is 0.846 bits per heavy atom. The van der Waals surface area contributed by atoms with E-state index in [2.05, 4.69) is 126 Å². The standard InChI is InChI=1S/C45H28N4O2Si/c1-2-14-29(15-3-1)43-46-44(48-45(47-43)49-33-18-6-4-16-31(33)32-17-5-7-19-34(32)49)30-26-27-42-38(28-30)51-37-22-10-13-25-41(37)52(42)39-23-11-8-20-35(39)50-36-21-9-12-24-40(36)52/h1-28H. The lowest BCUT2D eigenvalue weighted by atomic mass is 10.1. The van der Waals surface area contributed by atoms with Gasteiger partial charge in [-0.3, -0.25) is 4.57 Å². The van der Waals surface area contributed by atoms with Crippen LogP contribution in [0.15, 0.2) is 170 Å². The molecule has 6 nitrogen and oxygen atoms in total. The summed E-state index contributed by atoms with van der Waals surface area (Å²) in [5.41, 5.74) is 3.83. The number of aromatic nitrogens is 4. The van der Waals surface area contributed by atoms with Gasteiger partial charge in [0.15, 0.2) is 19.7 Å². The molecule has 0 aliphatic carbocycles. The van der Waals surface area contributed by atoms with Gasteiger partial charge in [-0.15, -0.1) is 0 Å². The number of fused-ring (bicyclic) bond motifs is 11. The third-order valence-corrected chi connectivity index (χ3v) is 15.3. The first kappa shape index (κ1) is 29.0. The van der Waals surface area contributed by atoms with Crippen LogP contribution in [0.1, 0.15) is 0 Å². The first-order valence-electron chi connectivity index (χ1n) is 17.4. The second-order valence-corrected chi connectivity index (χ2v) is 16.8. The molecule has 0 radical (unpaired) electrons. The third-order valence-electron chi connectivity index (χ3n) is 10.4. The molecule has 2 aliphatic rings. The minimum atomic E-state index is -2.86. The maximum absolute atomic E-state index is 6.85. The van der Waals surface area contributed by atoms with Gasteiger partial charge in [-0.1, -0.05) is 133 Å². The zero-order valence-corrected chi connectivity index (χ0v) is 28.8. The fraction of sp³-hybridized carbons (Fsp3) is 0. The van der Waals surface area contributed by atoms with E-state index in [1.807, 2.05) is 48.5 Å². The summed E-state index contributed by atoms with van der Waals surface area (Å²) in [4.78, 5) is 15.4. The van der Waals surface area contributed by atoms with Crippen LogP contribution in [0.2, 0.25) is 0 Å². The Labute approximate surface area is 300 Å². The lowest BCUT2D eigenvalue weighted by molar-refractivity contribution is 0.482. The van der Waals surface area contributed by atoms with Gasteiger partial charge in [-0.25, -0.2) is 4.98 Å². The fourth-order valence-electron chi connectivity index (χ4n) is 8.21. The van der Waals surface area contributed by atoms with Crippen LogP contribution >= 0.6 is 0 Å². The Kier molecular flexibility index (Phi) is 6.17. The van der Waals surface area contributed by atoms with Gasteiger partial charge >= 0.3 is 0 Å². The van der Waals surface area contributed by atoms with E-state index >= 15 is 0 Å². The number of ether oxygens (including phenoxy) is 2. The van der Waals surface area contributed by atoms with E-state index in [-0.39, 0.29) is 0 Å². The van der Waals surface area contributed by atoms with Crippen molar-refractivity contribution in [3.8, 4) is 51.7 Å². The maximum atomic E-state index is 6.85. The number of hydrogen-bond donors (Lipinski definition) is 0. The third kappa shape index (κ3) is 4.08. The highest BCUT2D eigenvalue weighted by atomic mass is 28.3. The number of para-hydroxylation sites is 5. The average molecular weight is 685 g/mol. The minimum absolute atomic E-state index is 0.559. The molecule has 0 atom stereocenters. The van der Waals surface area contributed by atoms with E-state index in [4.69, 9.17) is 24.4 Å². The Morgan fingerprint density at radius 1 is 0.385 bits per heavy atom. The molecule has 0 N–H and O–H groups in total. The summed E-state index contributed by atoms with van der Waals surface area (Å²) >= 11 is 0. The molecular formula is C45H28N4O2Si. The molecule has 244 valence electrons. The summed E-state index contributed by atoms with van der Waals surface area (Å²) in [5.74, 6) is 5.17. The van der Waals surface area contributed by atoms with E-state index < -0.39 is 8.07 Å². The van der Waals surface area contributed by atoms with Crippen molar-refractivity contribution >= 4 is 50.6 Å². The number of hydrogen-bond acceptors (Lipinski definition) is 5. The molecule has 0 saturated carbocycles. The summed E-state index contributed by atoms with van der Waals surface area (Å²) in [7, 11) is -2.86. The molecule has 7 aromatic carbocycles. The van der Waals surface area contributed by atoms with Crippen molar-refractivity contribution < 1.29 is 9.47 Å². The van der Waals surface area contributed by atoms with Gasteiger partial charge in [0, 0.05) is 21.9 Å². The quantitative estimate of drug-likeness (QED) is 0.177. The van der Waals surface area contributed by atoms with E-state index in [1.54, 1.807) is 0 Å².